The Morgan fingerprint density at radius 3 is 2.26 bits per heavy atom. The van der Waals surface area contributed by atoms with Crippen molar-refractivity contribution in [1.82, 2.24) is 10.6 Å². The van der Waals surface area contributed by atoms with Crippen LogP contribution in [0.2, 0.25) is 0 Å². The smallest absolute Gasteiger partial charge is 0.407 e. The summed E-state index contributed by atoms with van der Waals surface area (Å²) in [4.78, 5) is 36.5. The van der Waals surface area contributed by atoms with Crippen molar-refractivity contribution >= 4 is 18.0 Å². The molecule has 1 unspecified atom stereocenters. The van der Waals surface area contributed by atoms with Gasteiger partial charge in [0.1, 0.15) is 12.6 Å². The van der Waals surface area contributed by atoms with Crippen LogP contribution in [0.25, 0.3) is 11.1 Å². The molecular weight excluding hydrogens is 446 g/mol. The van der Waals surface area contributed by atoms with E-state index in [0.717, 1.165) is 22.3 Å². The van der Waals surface area contributed by atoms with E-state index in [2.05, 4.69) is 22.8 Å². The van der Waals surface area contributed by atoms with Gasteiger partial charge in [0.05, 0.1) is 12.5 Å². The Bertz CT molecular complexity index is 1080. The van der Waals surface area contributed by atoms with Crippen molar-refractivity contribution in [3.05, 3.63) is 59.7 Å². The van der Waals surface area contributed by atoms with Gasteiger partial charge in [0, 0.05) is 18.9 Å². The van der Waals surface area contributed by atoms with Gasteiger partial charge in [-0.15, -0.1) is 0 Å². The Kier molecular flexibility index (Phi) is 8.48. The van der Waals surface area contributed by atoms with Crippen molar-refractivity contribution in [2.24, 2.45) is 5.41 Å². The summed E-state index contributed by atoms with van der Waals surface area (Å²) in [7, 11) is 0. The molecular formula is C27H31N3O5. The maximum atomic E-state index is 12.8. The molecule has 2 aromatic rings. The number of carboxylic acid groups (broad SMARTS) is 1. The average molecular weight is 478 g/mol. The Morgan fingerprint density at radius 2 is 1.69 bits per heavy atom. The number of rotatable bonds is 11. The quantitative estimate of drug-likeness (QED) is 0.416. The van der Waals surface area contributed by atoms with E-state index in [4.69, 9.17) is 15.1 Å². The lowest BCUT2D eigenvalue weighted by Gasteiger charge is -2.25. The summed E-state index contributed by atoms with van der Waals surface area (Å²) in [6, 6.07) is 17.2. The molecule has 0 fully saturated rings. The van der Waals surface area contributed by atoms with Gasteiger partial charge in [0.25, 0.3) is 0 Å². The monoisotopic (exact) mass is 477 g/mol. The number of unbranched alkanes of at least 4 members (excludes halogenated alkanes) is 1. The number of carbonyl (C=O) groups excluding carboxylic acids is 2. The highest BCUT2D eigenvalue weighted by Crippen LogP contribution is 2.44. The number of nitriles is 1. The van der Waals surface area contributed by atoms with Gasteiger partial charge in [0.2, 0.25) is 5.91 Å². The third-order valence-corrected chi connectivity index (χ3v) is 6.10. The maximum Gasteiger partial charge on any atom is 0.407 e. The van der Waals surface area contributed by atoms with Gasteiger partial charge in [-0.2, -0.15) is 5.26 Å². The van der Waals surface area contributed by atoms with Gasteiger partial charge < -0.3 is 20.5 Å². The lowest BCUT2D eigenvalue weighted by molar-refractivity contribution is -0.139. The predicted molar refractivity (Wildman–Crippen MR) is 131 cm³/mol. The van der Waals surface area contributed by atoms with E-state index in [-0.39, 0.29) is 38.3 Å². The van der Waals surface area contributed by atoms with Crippen molar-refractivity contribution < 1.29 is 24.2 Å². The number of aliphatic carboxylic acids is 1. The summed E-state index contributed by atoms with van der Waals surface area (Å²) in [5, 5.41) is 23.2. The predicted octanol–water partition coefficient (Wildman–Crippen LogP) is 4.20. The molecule has 1 aliphatic carbocycles. The minimum absolute atomic E-state index is 0.101. The number of amides is 2. The Balaban J connectivity index is 1.62. The van der Waals surface area contributed by atoms with E-state index in [1.165, 1.54) is 0 Å². The molecule has 0 aromatic heterocycles. The molecule has 1 atom stereocenters. The molecule has 184 valence electrons. The van der Waals surface area contributed by atoms with Gasteiger partial charge in [-0.3, -0.25) is 9.59 Å². The second-order valence-corrected chi connectivity index (χ2v) is 9.53. The second kappa shape index (κ2) is 11.5. The molecule has 0 saturated carbocycles. The lowest BCUT2D eigenvalue weighted by atomic mass is 9.89. The molecule has 1 aliphatic rings. The van der Waals surface area contributed by atoms with Crippen LogP contribution in [0.15, 0.2) is 48.5 Å². The van der Waals surface area contributed by atoms with Gasteiger partial charge in [-0.25, -0.2) is 4.79 Å². The first kappa shape index (κ1) is 25.8. The fourth-order valence-electron chi connectivity index (χ4n) is 4.36. The normalized spacial score (nSPS) is 13.2. The van der Waals surface area contributed by atoms with Crippen LogP contribution in [-0.4, -0.2) is 42.3 Å². The number of alkyl carbamates (subject to hydrolysis) is 1. The topological polar surface area (TPSA) is 129 Å². The van der Waals surface area contributed by atoms with Gasteiger partial charge in [0.15, 0.2) is 0 Å². The summed E-state index contributed by atoms with van der Waals surface area (Å²) in [5.74, 6) is -1.49. The molecule has 0 aliphatic heterocycles. The standard InChI is InChI=1S/C27H31N3O5/c1-27(2,15-24(31)32)17-29-25(33)23(13-7-8-14-28)30-26(34)35-16-22-20-11-5-3-9-18(20)19-10-4-6-12-21(19)22/h3-6,9-12,22-23H,7-8,13,15-17H2,1-2H3,(H,29,33)(H,30,34)(H,31,32). The lowest BCUT2D eigenvalue weighted by Crippen LogP contribution is -2.49. The van der Waals surface area contributed by atoms with Gasteiger partial charge in [-0.05, 0) is 40.5 Å². The van der Waals surface area contributed by atoms with Crippen molar-refractivity contribution in [2.75, 3.05) is 13.2 Å². The Labute approximate surface area is 205 Å². The number of carboxylic acids is 1. The van der Waals surface area contributed by atoms with Crippen LogP contribution in [0.3, 0.4) is 0 Å². The number of ether oxygens (including phenoxy) is 1. The summed E-state index contributed by atoms with van der Waals surface area (Å²) < 4.78 is 5.55. The second-order valence-electron chi connectivity index (χ2n) is 9.53. The van der Waals surface area contributed by atoms with E-state index < -0.39 is 29.4 Å². The summed E-state index contributed by atoms with van der Waals surface area (Å²) in [6.45, 7) is 3.74. The largest absolute Gasteiger partial charge is 0.481 e. The average Bonchev–Trinajstić information content (AvgIpc) is 3.14. The van der Waals surface area contributed by atoms with Gasteiger partial charge >= 0.3 is 12.1 Å². The van der Waals surface area contributed by atoms with Crippen LogP contribution in [-0.2, 0) is 14.3 Å². The molecule has 3 N–H and O–H groups in total. The molecule has 2 aromatic carbocycles. The molecule has 0 spiro atoms. The molecule has 3 rings (SSSR count). The number of carbonyl (C=O) groups is 3. The van der Waals surface area contributed by atoms with Crippen LogP contribution in [0.1, 0.15) is 56.6 Å². The molecule has 8 heteroatoms. The van der Waals surface area contributed by atoms with E-state index >= 15 is 0 Å². The van der Waals surface area contributed by atoms with Crippen LogP contribution >= 0.6 is 0 Å². The highest BCUT2D eigenvalue weighted by Gasteiger charge is 2.30. The number of nitrogens with zero attached hydrogens (tertiary/aromatic N) is 1. The highest BCUT2D eigenvalue weighted by atomic mass is 16.5. The fourth-order valence-corrected chi connectivity index (χ4v) is 4.36. The first-order valence-electron chi connectivity index (χ1n) is 11.7. The molecule has 2 amide bonds. The molecule has 8 nitrogen and oxygen atoms in total. The number of benzene rings is 2. The van der Waals surface area contributed by atoms with E-state index in [9.17, 15) is 14.4 Å². The van der Waals surface area contributed by atoms with Crippen molar-refractivity contribution in [3.63, 3.8) is 0 Å². The zero-order valence-electron chi connectivity index (χ0n) is 20.0. The molecule has 0 heterocycles. The molecule has 0 saturated heterocycles. The number of fused-ring (bicyclic) bond motifs is 3. The molecule has 0 radical (unpaired) electrons. The first-order chi connectivity index (χ1) is 16.7. The van der Waals surface area contributed by atoms with E-state index in [1.54, 1.807) is 13.8 Å². The minimum Gasteiger partial charge on any atom is -0.481 e. The number of hydrogen-bond acceptors (Lipinski definition) is 5. The van der Waals surface area contributed by atoms with Crippen LogP contribution in [0, 0.1) is 16.7 Å². The van der Waals surface area contributed by atoms with Crippen LogP contribution in [0.5, 0.6) is 0 Å². The number of hydrogen-bond donors (Lipinski definition) is 3. The molecule has 0 bridgehead atoms. The third-order valence-electron chi connectivity index (χ3n) is 6.10. The minimum atomic E-state index is -0.952. The Morgan fingerprint density at radius 1 is 1.09 bits per heavy atom. The van der Waals surface area contributed by atoms with Crippen molar-refractivity contribution in [1.29, 1.82) is 5.26 Å². The SMILES string of the molecule is CC(C)(CNC(=O)C(CCCC#N)NC(=O)OCC1c2ccccc2-c2ccccc21)CC(=O)O. The first-order valence-corrected chi connectivity index (χ1v) is 11.7. The van der Waals surface area contributed by atoms with E-state index in [0.29, 0.717) is 6.42 Å². The maximum absolute atomic E-state index is 12.8. The summed E-state index contributed by atoms with van der Waals surface area (Å²) >= 11 is 0. The van der Waals surface area contributed by atoms with Crippen LogP contribution in [0.4, 0.5) is 4.79 Å². The van der Waals surface area contributed by atoms with Crippen molar-refractivity contribution in [2.45, 2.75) is 51.5 Å². The summed E-state index contributed by atoms with van der Waals surface area (Å²) in [5.41, 5.74) is 3.77. The fraction of sp³-hybridized carbons (Fsp3) is 0.407. The van der Waals surface area contributed by atoms with Crippen LogP contribution < -0.4 is 10.6 Å². The zero-order chi connectivity index (χ0) is 25.4. The third kappa shape index (κ3) is 6.82. The van der Waals surface area contributed by atoms with Gasteiger partial charge in [-0.1, -0.05) is 62.4 Å². The molecule has 35 heavy (non-hydrogen) atoms. The van der Waals surface area contributed by atoms with Crippen molar-refractivity contribution in [3.8, 4) is 17.2 Å². The Hall–Kier alpha value is -3.86. The summed E-state index contributed by atoms with van der Waals surface area (Å²) in [6.07, 6.45) is 0.126. The zero-order valence-corrected chi connectivity index (χ0v) is 20.0. The number of nitrogens with one attached hydrogen (secondary N) is 2. The highest BCUT2D eigenvalue weighted by molar-refractivity contribution is 5.86. The van der Waals surface area contributed by atoms with E-state index in [1.807, 2.05) is 42.5 Å².